The van der Waals surface area contributed by atoms with Crippen molar-refractivity contribution >= 4 is 39.6 Å². The van der Waals surface area contributed by atoms with E-state index in [2.05, 4.69) is 20.8 Å². The van der Waals surface area contributed by atoms with Crippen LogP contribution in [0.25, 0.3) is 0 Å². The highest BCUT2D eigenvalue weighted by molar-refractivity contribution is 7.15. The van der Waals surface area contributed by atoms with Gasteiger partial charge in [0.25, 0.3) is 5.91 Å². The number of nitrogens with one attached hydrogen (secondary N) is 2. The Balaban J connectivity index is 1.34. The third kappa shape index (κ3) is 4.11. The molecule has 6 nitrogen and oxygen atoms in total. The van der Waals surface area contributed by atoms with Crippen LogP contribution in [-0.2, 0) is 4.79 Å². The van der Waals surface area contributed by atoms with Gasteiger partial charge < -0.3 is 10.6 Å². The van der Waals surface area contributed by atoms with Gasteiger partial charge in [-0.2, -0.15) is 11.3 Å². The van der Waals surface area contributed by atoms with E-state index < -0.39 is 0 Å². The van der Waals surface area contributed by atoms with Crippen molar-refractivity contribution in [3.05, 3.63) is 27.4 Å². The van der Waals surface area contributed by atoms with Gasteiger partial charge >= 0.3 is 0 Å². The molecule has 0 bridgehead atoms. The van der Waals surface area contributed by atoms with Crippen molar-refractivity contribution in [2.24, 2.45) is 0 Å². The lowest BCUT2D eigenvalue weighted by Crippen LogP contribution is -2.25. The van der Waals surface area contributed by atoms with Gasteiger partial charge in [0, 0.05) is 29.8 Å². The summed E-state index contributed by atoms with van der Waals surface area (Å²) in [5.41, 5.74) is 0.663. The van der Waals surface area contributed by atoms with Crippen LogP contribution in [0.5, 0.6) is 0 Å². The fraction of sp³-hybridized carbons (Fsp3) is 0.429. The van der Waals surface area contributed by atoms with Gasteiger partial charge in [-0.1, -0.05) is 11.3 Å². The summed E-state index contributed by atoms with van der Waals surface area (Å²) >= 11 is 2.94. The Kier molecular flexibility index (Phi) is 4.79. The molecule has 1 fully saturated rings. The largest absolute Gasteiger partial charge is 0.352 e. The van der Waals surface area contributed by atoms with Crippen LogP contribution in [0.15, 0.2) is 16.8 Å². The number of amides is 2. The van der Waals surface area contributed by atoms with E-state index in [0.29, 0.717) is 36.0 Å². The molecule has 0 radical (unpaired) electrons. The van der Waals surface area contributed by atoms with Gasteiger partial charge in [0.2, 0.25) is 11.0 Å². The Hall–Kier alpha value is -1.80. The number of hydrogen-bond acceptors (Lipinski definition) is 6. The van der Waals surface area contributed by atoms with E-state index in [1.807, 2.05) is 5.38 Å². The van der Waals surface area contributed by atoms with Crippen molar-refractivity contribution in [3.63, 3.8) is 0 Å². The molecule has 2 N–H and O–H groups in total. The fourth-order valence-corrected chi connectivity index (χ4v) is 3.47. The molecule has 8 heteroatoms. The third-order valence-corrected chi connectivity index (χ3v) is 4.95. The highest BCUT2D eigenvalue weighted by Gasteiger charge is 2.27. The van der Waals surface area contributed by atoms with Crippen LogP contribution in [0, 0.1) is 0 Å². The Morgan fingerprint density at radius 1 is 1.32 bits per heavy atom. The van der Waals surface area contributed by atoms with Crippen LogP contribution < -0.4 is 10.6 Å². The Morgan fingerprint density at radius 2 is 2.18 bits per heavy atom. The lowest BCUT2D eigenvalue weighted by molar-refractivity contribution is -0.116. The standard InChI is InChI=1S/C14H16N4O2S2/c19-11(16-14-18-17-13(22-14)9-3-4-9)2-1-6-15-12(20)10-5-7-21-8-10/h5,7-9H,1-4,6H2,(H,15,20)(H,16,18,19). The number of hydrogen-bond donors (Lipinski definition) is 2. The molecule has 2 aromatic rings. The minimum Gasteiger partial charge on any atom is -0.352 e. The van der Waals surface area contributed by atoms with Crippen LogP contribution >= 0.6 is 22.7 Å². The second-order valence-corrected chi connectivity index (χ2v) is 6.93. The van der Waals surface area contributed by atoms with E-state index in [1.165, 1.54) is 35.5 Å². The van der Waals surface area contributed by atoms with E-state index in [1.54, 1.807) is 11.4 Å². The van der Waals surface area contributed by atoms with Crippen LogP contribution in [0.3, 0.4) is 0 Å². The molecular weight excluding hydrogens is 320 g/mol. The first-order chi connectivity index (χ1) is 10.7. The molecule has 2 aromatic heterocycles. The number of anilines is 1. The zero-order valence-electron chi connectivity index (χ0n) is 11.9. The highest BCUT2D eigenvalue weighted by atomic mass is 32.1. The quantitative estimate of drug-likeness (QED) is 0.761. The number of carbonyl (C=O) groups is 2. The van der Waals surface area contributed by atoms with Gasteiger partial charge in [-0.15, -0.1) is 10.2 Å². The van der Waals surface area contributed by atoms with E-state index in [9.17, 15) is 9.59 Å². The maximum absolute atomic E-state index is 11.8. The van der Waals surface area contributed by atoms with Gasteiger partial charge in [-0.3, -0.25) is 9.59 Å². The number of carbonyl (C=O) groups excluding carboxylic acids is 2. The number of aromatic nitrogens is 2. The number of rotatable bonds is 7. The van der Waals surface area contributed by atoms with Crippen LogP contribution in [0.4, 0.5) is 5.13 Å². The average Bonchev–Trinajstić information content (AvgIpc) is 3.02. The predicted octanol–water partition coefficient (Wildman–Crippen LogP) is 2.63. The lowest BCUT2D eigenvalue weighted by atomic mass is 10.2. The summed E-state index contributed by atoms with van der Waals surface area (Å²) in [4.78, 5) is 23.5. The average molecular weight is 336 g/mol. The maximum atomic E-state index is 11.8. The Labute approximate surface area is 136 Å². The van der Waals surface area contributed by atoms with Crippen molar-refractivity contribution in [1.29, 1.82) is 0 Å². The van der Waals surface area contributed by atoms with E-state index in [-0.39, 0.29) is 11.8 Å². The molecule has 0 unspecified atom stereocenters. The molecule has 0 aliphatic heterocycles. The van der Waals surface area contributed by atoms with Gasteiger partial charge in [-0.25, -0.2) is 0 Å². The molecule has 22 heavy (non-hydrogen) atoms. The first kappa shape index (κ1) is 15.1. The maximum Gasteiger partial charge on any atom is 0.252 e. The molecule has 116 valence electrons. The number of nitrogens with zero attached hydrogens (tertiary/aromatic N) is 2. The summed E-state index contributed by atoms with van der Waals surface area (Å²) in [7, 11) is 0. The highest BCUT2D eigenvalue weighted by Crippen LogP contribution is 2.42. The Morgan fingerprint density at radius 3 is 2.91 bits per heavy atom. The monoisotopic (exact) mass is 336 g/mol. The minimum absolute atomic E-state index is 0.0942. The fourth-order valence-electron chi connectivity index (χ4n) is 1.91. The van der Waals surface area contributed by atoms with E-state index in [0.717, 1.165) is 5.01 Å². The Bertz CT molecular complexity index is 650. The molecule has 0 saturated heterocycles. The normalized spacial score (nSPS) is 13.8. The zero-order chi connectivity index (χ0) is 15.4. The van der Waals surface area contributed by atoms with Crippen molar-refractivity contribution < 1.29 is 9.59 Å². The lowest BCUT2D eigenvalue weighted by Gasteiger charge is -2.03. The molecule has 3 rings (SSSR count). The first-order valence-electron chi connectivity index (χ1n) is 7.16. The van der Waals surface area contributed by atoms with Gasteiger partial charge in [-0.05, 0) is 30.7 Å². The molecule has 1 saturated carbocycles. The van der Waals surface area contributed by atoms with E-state index >= 15 is 0 Å². The van der Waals surface area contributed by atoms with Gasteiger partial charge in [0.15, 0.2) is 0 Å². The van der Waals surface area contributed by atoms with Crippen molar-refractivity contribution in [1.82, 2.24) is 15.5 Å². The van der Waals surface area contributed by atoms with Gasteiger partial charge in [0.1, 0.15) is 5.01 Å². The molecule has 2 amide bonds. The zero-order valence-corrected chi connectivity index (χ0v) is 13.5. The van der Waals surface area contributed by atoms with Crippen LogP contribution in [0.1, 0.15) is 47.0 Å². The van der Waals surface area contributed by atoms with Crippen LogP contribution in [-0.4, -0.2) is 28.6 Å². The second kappa shape index (κ2) is 6.97. The smallest absolute Gasteiger partial charge is 0.252 e. The molecule has 2 heterocycles. The second-order valence-electron chi connectivity index (χ2n) is 5.14. The summed E-state index contributed by atoms with van der Waals surface area (Å²) in [5, 5.41) is 18.8. The minimum atomic E-state index is -0.0974. The molecule has 0 aromatic carbocycles. The molecule has 1 aliphatic rings. The van der Waals surface area contributed by atoms with Gasteiger partial charge in [0.05, 0.1) is 0 Å². The van der Waals surface area contributed by atoms with Crippen LogP contribution in [0.2, 0.25) is 0 Å². The molecule has 0 spiro atoms. The third-order valence-electron chi connectivity index (χ3n) is 3.26. The summed E-state index contributed by atoms with van der Waals surface area (Å²) < 4.78 is 0. The predicted molar refractivity (Wildman–Crippen MR) is 86.4 cm³/mol. The van der Waals surface area contributed by atoms with Crippen molar-refractivity contribution in [3.8, 4) is 0 Å². The summed E-state index contributed by atoms with van der Waals surface area (Å²) in [6.07, 6.45) is 3.29. The summed E-state index contributed by atoms with van der Waals surface area (Å²) in [6, 6.07) is 1.78. The van der Waals surface area contributed by atoms with Crippen molar-refractivity contribution in [2.45, 2.75) is 31.6 Å². The topological polar surface area (TPSA) is 84.0 Å². The SMILES string of the molecule is O=C(CCCNC(=O)c1ccsc1)Nc1nnc(C2CC2)s1. The molecule has 1 aliphatic carbocycles. The van der Waals surface area contributed by atoms with Crippen molar-refractivity contribution in [2.75, 3.05) is 11.9 Å². The summed E-state index contributed by atoms with van der Waals surface area (Å²) in [5.74, 6) is 0.360. The molecule has 0 atom stereocenters. The number of thiophene rings is 1. The molecular formula is C14H16N4O2S2. The summed E-state index contributed by atoms with van der Waals surface area (Å²) in [6.45, 7) is 0.478. The first-order valence-corrected chi connectivity index (χ1v) is 8.92. The van der Waals surface area contributed by atoms with E-state index in [4.69, 9.17) is 0 Å².